The molecule has 0 saturated carbocycles. The molecule has 0 radical (unpaired) electrons. The zero-order valence-corrected chi connectivity index (χ0v) is 16.9. The van der Waals surface area contributed by atoms with Gasteiger partial charge in [-0.3, -0.25) is 0 Å². The maximum absolute atomic E-state index is 6.38. The highest BCUT2D eigenvalue weighted by Gasteiger charge is 2.52. The fraction of sp³-hybridized carbons (Fsp3) is 0.684. The van der Waals surface area contributed by atoms with E-state index >= 15 is 0 Å². The Morgan fingerprint density at radius 3 is 1.83 bits per heavy atom. The normalized spacial score (nSPS) is 23.0. The fourth-order valence-corrected chi connectivity index (χ4v) is 5.28. The Hall–Kier alpha value is -0.578. The largest absolute Gasteiger partial charge is 0.494 e. The van der Waals surface area contributed by atoms with Crippen LogP contribution < -0.4 is 10.6 Å². The monoisotopic (exact) mass is 330 g/mol. The van der Waals surface area contributed by atoms with E-state index in [-0.39, 0.29) is 18.3 Å². The molecular formula is C19H31BO2Si. The molecule has 2 aliphatic rings. The van der Waals surface area contributed by atoms with Crippen LogP contribution in [0, 0.1) is 0 Å². The van der Waals surface area contributed by atoms with Crippen LogP contribution >= 0.6 is 0 Å². The summed E-state index contributed by atoms with van der Waals surface area (Å²) in [6, 6.07) is 4.89. The number of rotatable bonds is 2. The summed E-state index contributed by atoms with van der Waals surface area (Å²) >= 11 is 0. The number of benzene rings is 1. The minimum Gasteiger partial charge on any atom is -0.399 e. The molecule has 126 valence electrons. The minimum absolute atomic E-state index is 0.228. The minimum atomic E-state index is -1.46. The van der Waals surface area contributed by atoms with E-state index in [0.717, 1.165) is 0 Å². The molecule has 3 rings (SSSR count). The third kappa shape index (κ3) is 3.06. The molecule has 4 heteroatoms. The quantitative estimate of drug-likeness (QED) is 0.774. The van der Waals surface area contributed by atoms with Crippen molar-refractivity contribution in [3.63, 3.8) is 0 Å². The summed E-state index contributed by atoms with van der Waals surface area (Å²) in [6.45, 7) is 15.8. The Labute approximate surface area is 143 Å². The molecule has 0 amide bonds. The summed E-state index contributed by atoms with van der Waals surface area (Å²) in [5.41, 5.74) is 3.83. The van der Waals surface area contributed by atoms with Gasteiger partial charge in [-0.2, -0.15) is 0 Å². The van der Waals surface area contributed by atoms with Crippen LogP contribution in [0.25, 0.3) is 0 Å². The van der Waals surface area contributed by atoms with Crippen molar-refractivity contribution in [1.29, 1.82) is 0 Å². The van der Waals surface area contributed by atoms with E-state index in [1.165, 1.54) is 41.9 Å². The maximum Gasteiger partial charge on any atom is 0.494 e. The first kappa shape index (κ1) is 17.3. The Balaban J connectivity index is 2.08. The van der Waals surface area contributed by atoms with Gasteiger partial charge in [-0.1, -0.05) is 37.0 Å². The van der Waals surface area contributed by atoms with Crippen molar-refractivity contribution in [2.24, 2.45) is 0 Å². The standard InChI is InChI=1S/C19H31BO2Si/c1-18(2)19(3,4)22-20(21-18)16-12-14-10-8-9-11-15(14)13-17(16)23(5,6)7/h12-13H,8-11H2,1-7H3. The molecule has 0 atom stereocenters. The van der Waals surface area contributed by atoms with Crippen molar-refractivity contribution in [3.8, 4) is 0 Å². The summed E-state index contributed by atoms with van der Waals surface area (Å²) < 4.78 is 12.8. The number of hydrogen-bond donors (Lipinski definition) is 0. The number of fused-ring (bicyclic) bond motifs is 1. The van der Waals surface area contributed by atoms with Crippen LogP contribution in [0.4, 0.5) is 0 Å². The van der Waals surface area contributed by atoms with Crippen LogP contribution in [-0.4, -0.2) is 26.4 Å². The van der Waals surface area contributed by atoms with E-state index in [1.54, 1.807) is 5.56 Å². The van der Waals surface area contributed by atoms with Crippen LogP contribution in [-0.2, 0) is 22.2 Å². The Morgan fingerprint density at radius 1 is 0.870 bits per heavy atom. The van der Waals surface area contributed by atoms with Gasteiger partial charge < -0.3 is 9.31 Å². The van der Waals surface area contributed by atoms with Crippen LogP contribution in [0.15, 0.2) is 12.1 Å². The van der Waals surface area contributed by atoms with Gasteiger partial charge in [0, 0.05) is 0 Å². The lowest BCUT2D eigenvalue weighted by molar-refractivity contribution is 0.00578. The third-order valence-corrected chi connectivity index (χ3v) is 7.88. The van der Waals surface area contributed by atoms with Crippen molar-refractivity contribution >= 4 is 25.8 Å². The molecule has 0 unspecified atom stereocenters. The van der Waals surface area contributed by atoms with E-state index in [4.69, 9.17) is 9.31 Å². The topological polar surface area (TPSA) is 18.5 Å². The predicted molar refractivity (Wildman–Crippen MR) is 102 cm³/mol. The van der Waals surface area contributed by atoms with Crippen LogP contribution in [0.3, 0.4) is 0 Å². The number of aryl methyl sites for hydroxylation is 2. The van der Waals surface area contributed by atoms with Gasteiger partial charge in [0.15, 0.2) is 0 Å². The Kier molecular flexibility index (Phi) is 4.10. The molecule has 1 fully saturated rings. The van der Waals surface area contributed by atoms with Crippen molar-refractivity contribution in [2.75, 3.05) is 0 Å². The fourth-order valence-electron chi connectivity index (χ4n) is 3.62. The lowest BCUT2D eigenvalue weighted by Gasteiger charge is -2.32. The lowest BCUT2D eigenvalue weighted by Crippen LogP contribution is -2.54. The van der Waals surface area contributed by atoms with Crippen molar-refractivity contribution in [2.45, 2.75) is 84.2 Å². The van der Waals surface area contributed by atoms with Crippen LogP contribution in [0.1, 0.15) is 51.7 Å². The second kappa shape index (κ2) is 5.47. The molecule has 2 nitrogen and oxygen atoms in total. The van der Waals surface area contributed by atoms with E-state index in [1.807, 2.05) is 0 Å². The average Bonchev–Trinajstić information content (AvgIpc) is 2.65. The third-order valence-electron chi connectivity index (χ3n) is 5.83. The van der Waals surface area contributed by atoms with Crippen molar-refractivity contribution < 1.29 is 9.31 Å². The van der Waals surface area contributed by atoms with Gasteiger partial charge in [0.1, 0.15) is 0 Å². The second-order valence-corrected chi connectivity index (χ2v) is 14.3. The van der Waals surface area contributed by atoms with Gasteiger partial charge in [-0.05, 0) is 70.0 Å². The Bertz CT molecular complexity index is 601. The summed E-state index contributed by atoms with van der Waals surface area (Å²) in [4.78, 5) is 0. The predicted octanol–water partition coefficient (Wildman–Crippen LogP) is 3.41. The molecule has 0 bridgehead atoms. The Morgan fingerprint density at radius 2 is 1.35 bits per heavy atom. The van der Waals surface area contributed by atoms with E-state index in [2.05, 4.69) is 59.5 Å². The molecule has 1 saturated heterocycles. The van der Waals surface area contributed by atoms with E-state index in [0.29, 0.717) is 0 Å². The van der Waals surface area contributed by atoms with Gasteiger partial charge in [0.25, 0.3) is 0 Å². The first-order valence-corrected chi connectivity index (χ1v) is 12.5. The zero-order valence-electron chi connectivity index (χ0n) is 15.9. The van der Waals surface area contributed by atoms with Crippen molar-refractivity contribution in [3.05, 3.63) is 23.3 Å². The summed E-state index contributed by atoms with van der Waals surface area (Å²) in [6.07, 6.45) is 5.07. The molecular weight excluding hydrogens is 299 g/mol. The van der Waals surface area contributed by atoms with Gasteiger partial charge in [-0.15, -0.1) is 0 Å². The second-order valence-electron chi connectivity index (χ2n) is 9.25. The first-order chi connectivity index (χ1) is 10.5. The highest BCUT2D eigenvalue weighted by molar-refractivity contribution is 6.92. The maximum atomic E-state index is 6.38. The van der Waals surface area contributed by atoms with E-state index < -0.39 is 8.07 Å². The molecule has 1 heterocycles. The summed E-state index contributed by atoms with van der Waals surface area (Å²) in [5.74, 6) is 0. The van der Waals surface area contributed by atoms with Crippen LogP contribution in [0.2, 0.25) is 19.6 Å². The number of hydrogen-bond acceptors (Lipinski definition) is 2. The molecule has 1 aromatic carbocycles. The average molecular weight is 330 g/mol. The molecule has 1 aliphatic heterocycles. The molecule has 23 heavy (non-hydrogen) atoms. The highest BCUT2D eigenvalue weighted by Crippen LogP contribution is 2.36. The van der Waals surface area contributed by atoms with Crippen molar-refractivity contribution in [1.82, 2.24) is 0 Å². The lowest BCUT2D eigenvalue weighted by atomic mass is 9.76. The molecule has 0 aromatic heterocycles. The van der Waals surface area contributed by atoms with Crippen LogP contribution in [0.5, 0.6) is 0 Å². The van der Waals surface area contributed by atoms with Gasteiger partial charge in [0.05, 0.1) is 19.3 Å². The highest BCUT2D eigenvalue weighted by atomic mass is 28.3. The van der Waals surface area contributed by atoms with Gasteiger partial charge >= 0.3 is 7.12 Å². The molecule has 1 aromatic rings. The van der Waals surface area contributed by atoms with Gasteiger partial charge in [0.2, 0.25) is 0 Å². The van der Waals surface area contributed by atoms with E-state index in [9.17, 15) is 0 Å². The zero-order chi connectivity index (χ0) is 17.0. The first-order valence-electron chi connectivity index (χ1n) is 9.03. The molecule has 0 N–H and O–H groups in total. The summed E-state index contributed by atoms with van der Waals surface area (Å²) in [5, 5.41) is 1.51. The summed E-state index contributed by atoms with van der Waals surface area (Å²) in [7, 11) is -1.69. The van der Waals surface area contributed by atoms with Gasteiger partial charge in [-0.25, -0.2) is 0 Å². The SMILES string of the molecule is CC1(C)OB(c2cc3c(cc2[Si](C)(C)C)CCCC3)OC1(C)C. The molecule has 1 aliphatic carbocycles. The molecule has 0 spiro atoms. The smallest absolute Gasteiger partial charge is 0.399 e.